The number of nitrogens with one attached hydrogen (secondary N) is 2. The minimum absolute atomic E-state index is 0.640. The van der Waals surface area contributed by atoms with Gasteiger partial charge in [-0.25, -0.2) is 0 Å². The summed E-state index contributed by atoms with van der Waals surface area (Å²) in [5.41, 5.74) is 11.1. The first-order valence-corrected chi connectivity index (χ1v) is 11.3. The van der Waals surface area contributed by atoms with Crippen molar-refractivity contribution < 1.29 is 28.5 Å². The third kappa shape index (κ3) is 10.3. The number of hydrogen-bond acceptors (Lipinski definition) is 8. The number of carbonyl (C=O) groups is 2. The van der Waals surface area contributed by atoms with E-state index in [1.54, 1.807) is 42.5 Å². The Morgan fingerprint density at radius 2 is 1.06 bits per heavy atom. The van der Waals surface area contributed by atoms with Crippen molar-refractivity contribution in [2.75, 3.05) is 42.5 Å². The maximum Gasteiger partial charge on any atom is 0.229 e. The highest BCUT2D eigenvalue weighted by atomic mass is 32.1. The summed E-state index contributed by atoms with van der Waals surface area (Å²) in [6, 6.07) is 11.0. The molecule has 198 valence electrons. The number of methoxy groups -OCH3 is 4. The van der Waals surface area contributed by atoms with Crippen molar-refractivity contribution in [3.05, 3.63) is 47.5 Å². The lowest BCUT2D eigenvalue weighted by molar-refractivity contribution is -0.130. The number of primary amides is 2. The van der Waals surface area contributed by atoms with Gasteiger partial charge in [0.2, 0.25) is 11.8 Å². The summed E-state index contributed by atoms with van der Waals surface area (Å²) in [7, 11) is 10.0. The van der Waals surface area contributed by atoms with Gasteiger partial charge in [0, 0.05) is 14.1 Å². The van der Waals surface area contributed by atoms with Gasteiger partial charge >= 0.3 is 0 Å². The maximum atomic E-state index is 10.1. The van der Waals surface area contributed by atoms with Crippen LogP contribution in [0, 0.1) is 5.92 Å². The lowest BCUT2D eigenvalue weighted by atomic mass is 10.2. The van der Waals surface area contributed by atoms with E-state index in [0.29, 0.717) is 9.98 Å². The van der Waals surface area contributed by atoms with E-state index in [2.05, 4.69) is 10.6 Å². The molecule has 0 atom stereocenters. The first-order chi connectivity index (χ1) is 17.0. The van der Waals surface area contributed by atoms with Crippen LogP contribution in [0.25, 0.3) is 0 Å². The van der Waals surface area contributed by atoms with Gasteiger partial charge in [0.05, 0.1) is 39.6 Å². The van der Waals surface area contributed by atoms with Gasteiger partial charge in [-0.15, -0.1) is 0 Å². The van der Waals surface area contributed by atoms with Crippen LogP contribution in [0.1, 0.15) is 18.1 Å². The molecule has 0 unspecified atom stereocenters. The fourth-order valence-electron chi connectivity index (χ4n) is 2.39. The Morgan fingerprint density at radius 3 is 1.25 bits per heavy atom. The van der Waals surface area contributed by atoms with E-state index in [1.807, 2.05) is 36.4 Å². The molecule has 2 amide bonds. The van der Waals surface area contributed by atoms with E-state index in [4.69, 9.17) is 54.9 Å². The molecule has 2 aromatic rings. The van der Waals surface area contributed by atoms with E-state index >= 15 is 0 Å². The van der Waals surface area contributed by atoms with Crippen molar-refractivity contribution in [2.45, 2.75) is 6.92 Å². The molecule has 0 fully saturated rings. The van der Waals surface area contributed by atoms with Crippen molar-refractivity contribution in [3.63, 3.8) is 0 Å². The van der Waals surface area contributed by atoms with Crippen LogP contribution >= 0.6 is 24.4 Å². The Kier molecular flexibility index (Phi) is 15.2. The normalized spacial score (nSPS) is 9.33. The summed E-state index contributed by atoms with van der Waals surface area (Å²) in [4.78, 5) is 21.4. The highest BCUT2D eigenvalue weighted by Gasteiger charge is 2.13. The number of benzene rings is 2. The lowest BCUT2D eigenvalue weighted by Gasteiger charge is -2.10. The summed E-state index contributed by atoms with van der Waals surface area (Å²) in [6.07, 6.45) is 0. The number of hydrogen-bond donors (Lipinski definition) is 4. The van der Waals surface area contributed by atoms with Gasteiger partial charge < -0.3 is 41.0 Å². The topological polar surface area (TPSA) is 147 Å². The molecule has 6 N–H and O–H groups in total. The molecule has 36 heavy (non-hydrogen) atoms. The molecule has 0 aliphatic carbocycles. The predicted octanol–water partition coefficient (Wildman–Crippen LogP) is 1.79. The lowest BCUT2D eigenvalue weighted by Crippen LogP contribution is -2.32. The SMILES string of the molecule is CC(C(N)=O)C(N)=O.CNC(=S)c1cc(OC)ccc1OC.CNC(=S)c1cc(OC)ccc1OC. The van der Waals surface area contributed by atoms with Crippen molar-refractivity contribution in [1.82, 2.24) is 10.6 Å². The van der Waals surface area contributed by atoms with E-state index in [0.717, 1.165) is 34.1 Å². The zero-order valence-corrected chi connectivity index (χ0v) is 23.1. The number of thiocarbonyl (C=S) groups is 2. The summed E-state index contributed by atoms with van der Waals surface area (Å²) < 4.78 is 20.6. The van der Waals surface area contributed by atoms with Crippen LogP contribution in [0.3, 0.4) is 0 Å². The van der Waals surface area contributed by atoms with Gasteiger partial charge in [-0.1, -0.05) is 24.4 Å². The molecular weight excluding hydrogens is 504 g/mol. The molecule has 12 heteroatoms. The number of ether oxygens (including phenoxy) is 4. The van der Waals surface area contributed by atoms with Gasteiger partial charge in [0.1, 0.15) is 38.9 Å². The van der Waals surface area contributed by atoms with Gasteiger partial charge in [-0.3, -0.25) is 9.59 Å². The van der Waals surface area contributed by atoms with Crippen molar-refractivity contribution >= 4 is 46.2 Å². The molecule has 0 radical (unpaired) electrons. The zero-order chi connectivity index (χ0) is 27.8. The van der Waals surface area contributed by atoms with Crippen LogP contribution in [-0.4, -0.2) is 64.3 Å². The van der Waals surface area contributed by atoms with Gasteiger partial charge in [0.25, 0.3) is 0 Å². The average Bonchev–Trinajstić information content (AvgIpc) is 2.91. The largest absolute Gasteiger partial charge is 0.497 e. The van der Waals surface area contributed by atoms with Crippen LogP contribution in [0.15, 0.2) is 36.4 Å². The fraction of sp³-hybridized carbons (Fsp3) is 0.333. The van der Waals surface area contributed by atoms with Gasteiger partial charge in [-0.05, 0) is 43.3 Å². The molecule has 0 aromatic heterocycles. The van der Waals surface area contributed by atoms with Crippen molar-refractivity contribution in [1.29, 1.82) is 0 Å². The van der Waals surface area contributed by atoms with E-state index in [1.165, 1.54) is 6.92 Å². The zero-order valence-electron chi connectivity index (χ0n) is 21.5. The second-order valence-electron chi connectivity index (χ2n) is 6.82. The van der Waals surface area contributed by atoms with E-state index in [-0.39, 0.29) is 0 Å². The third-order valence-corrected chi connectivity index (χ3v) is 5.46. The van der Waals surface area contributed by atoms with E-state index in [9.17, 15) is 9.59 Å². The highest BCUT2D eigenvalue weighted by molar-refractivity contribution is 7.81. The highest BCUT2D eigenvalue weighted by Crippen LogP contribution is 2.24. The first-order valence-electron chi connectivity index (χ1n) is 10.5. The second-order valence-corrected chi connectivity index (χ2v) is 7.63. The molecular formula is C24H34N4O6S2. The molecule has 0 aliphatic rings. The number of carbonyl (C=O) groups excluding carboxylic acids is 2. The Bertz CT molecular complexity index is 968. The smallest absolute Gasteiger partial charge is 0.229 e. The van der Waals surface area contributed by atoms with Crippen molar-refractivity contribution in [3.8, 4) is 23.0 Å². The van der Waals surface area contributed by atoms with Crippen molar-refractivity contribution in [2.24, 2.45) is 17.4 Å². The summed E-state index contributed by atoms with van der Waals surface area (Å²) in [6.45, 7) is 1.37. The quantitative estimate of drug-likeness (QED) is 0.290. The van der Waals surface area contributed by atoms with Crippen LogP contribution < -0.4 is 41.0 Å². The molecule has 2 rings (SSSR count). The molecule has 2 aromatic carbocycles. The first kappa shape index (κ1) is 32.4. The second kappa shape index (κ2) is 16.9. The summed E-state index contributed by atoms with van der Waals surface area (Å²) >= 11 is 10.3. The molecule has 0 aliphatic heterocycles. The summed E-state index contributed by atoms with van der Waals surface area (Å²) in [5, 5.41) is 5.81. The van der Waals surface area contributed by atoms with Crippen LogP contribution in [-0.2, 0) is 9.59 Å². The molecule has 0 saturated heterocycles. The monoisotopic (exact) mass is 538 g/mol. The Labute approximate surface area is 222 Å². The standard InChI is InChI=1S/2C10H13NO2S.C4H8N2O2/c2*1-11-10(14)8-6-7(12-2)4-5-9(8)13-3;1-2(3(5)7)4(6)8/h2*4-6H,1-3H3,(H,11,14);2H,1H3,(H2,5,7)(H2,6,8). The van der Waals surface area contributed by atoms with Crippen LogP contribution in [0.2, 0.25) is 0 Å². The maximum absolute atomic E-state index is 10.1. The molecule has 0 heterocycles. The Morgan fingerprint density at radius 1 is 0.722 bits per heavy atom. The average molecular weight is 539 g/mol. The molecule has 0 spiro atoms. The Balaban J connectivity index is 0.000000533. The molecule has 0 saturated carbocycles. The minimum Gasteiger partial charge on any atom is -0.497 e. The number of nitrogens with two attached hydrogens (primary N) is 2. The number of rotatable bonds is 8. The predicted molar refractivity (Wildman–Crippen MR) is 148 cm³/mol. The Hall–Kier alpha value is -3.64. The van der Waals surface area contributed by atoms with Crippen LogP contribution in [0.5, 0.6) is 23.0 Å². The third-order valence-electron chi connectivity index (χ3n) is 4.61. The minimum atomic E-state index is -0.852. The molecule has 0 bridgehead atoms. The van der Waals surface area contributed by atoms with Crippen LogP contribution in [0.4, 0.5) is 0 Å². The number of amides is 2. The van der Waals surface area contributed by atoms with Gasteiger partial charge in [-0.2, -0.15) is 0 Å². The van der Waals surface area contributed by atoms with Gasteiger partial charge in [0.15, 0.2) is 0 Å². The molecule has 10 nitrogen and oxygen atoms in total. The fourth-order valence-corrected chi connectivity index (χ4v) is 2.71. The van der Waals surface area contributed by atoms with E-state index < -0.39 is 17.7 Å². The summed E-state index contributed by atoms with van der Waals surface area (Å²) in [5.74, 6) is 0.789.